The standard InChI is InChI=1S/C29H43Cl2N3O2/c1-18(2)14-23(16-35)33-26(36)25-24(19-8-7-9-22(31)15-19)29(32,20-10-12-21(30)13-11-20)28(6,34-25)17-27(3,4)5/h7-13,15,18,23-26,33-36H,14,16-17,32H2,1-6H3/t23-,24-,25+,26?,28+,29-/m1/s1. The Kier molecular flexibility index (Phi) is 9.21. The van der Waals surface area contributed by atoms with Crippen LogP contribution in [0.3, 0.4) is 0 Å². The summed E-state index contributed by atoms with van der Waals surface area (Å²) in [6.07, 6.45) is 0.545. The number of aliphatic hydroxyl groups excluding tert-OH is 2. The number of hydrogen-bond donors (Lipinski definition) is 5. The van der Waals surface area contributed by atoms with Crippen molar-refractivity contribution in [2.24, 2.45) is 17.1 Å². The largest absolute Gasteiger partial charge is 0.395 e. The van der Waals surface area contributed by atoms with Gasteiger partial charge in [-0.1, -0.05) is 82.1 Å². The molecule has 0 amide bonds. The molecule has 1 aliphatic heterocycles. The summed E-state index contributed by atoms with van der Waals surface area (Å²) in [4.78, 5) is 0. The average molecular weight is 537 g/mol. The molecule has 2 aromatic carbocycles. The maximum atomic E-state index is 11.6. The van der Waals surface area contributed by atoms with Crippen LogP contribution in [-0.4, -0.2) is 40.7 Å². The van der Waals surface area contributed by atoms with Gasteiger partial charge in [0, 0.05) is 27.5 Å². The third kappa shape index (κ3) is 6.27. The molecule has 1 fully saturated rings. The van der Waals surface area contributed by atoms with Crippen molar-refractivity contribution in [1.82, 2.24) is 10.6 Å². The Balaban J connectivity index is 2.19. The summed E-state index contributed by atoms with van der Waals surface area (Å²) >= 11 is 12.7. The van der Waals surface area contributed by atoms with Gasteiger partial charge < -0.3 is 21.3 Å². The number of nitrogens with two attached hydrogens (primary N) is 1. The lowest BCUT2D eigenvalue weighted by molar-refractivity contribution is 0.0601. The maximum absolute atomic E-state index is 11.6. The van der Waals surface area contributed by atoms with E-state index in [4.69, 9.17) is 28.9 Å². The van der Waals surface area contributed by atoms with Gasteiger partial charge in [0.15, 0.2) is 0 Å². The first-order chi connectivity index (χ1) is 16.7. The van der Waals surface area contributed by atoms with Gasteiger partial charge in [0.1, 0.15) is 6.23 Å². The lowest BCUT2D eigenvalue weighted by Crippen LogP contribution is -2.61. The molecule has 0 radical (unpaired) electrons. The van der Waals surface area contributed by atoms with Crippen LogP contribution in [0.5, 0.6) is 0 Å². The molecule has 7 heteroatoms. The number of halogens is 2. The Hall–Kier alpha value is -1.18. The maximum Gasteiger partial charge on any atom is 0.121 e. The summed E-state index contributed by atoms with van der Waals surface area (Å²) in [6.45, 7) is 12.9. The molecule has 0 spiro atoms. The molecule has 3 rings (SSSR count). The second kappa shape index (κ2) is 11.3. The highest BCUT2D eigenvalue weighted by Crippen LogP contribution is 2.54. The molecule has 1 heterocycles. The minimum absolute atomic E-state index is 0.0454. The van der Waals surface area contributed by atoms with E-state index in [1.165, 1.54) is 0 Å². The normalized spacial score (nSPS) is 28.4. The van der Waals surface area contributed by atoms with Gasteiger partial charge in [-0.2, -0.15) is 0 Å². The highest BCUT2D eigenvalue weighted by molar-refractivity contribution is 6.30. The van der Waals surface area contributed by atoms with Crippen LogP contribution in [0.1, 0.15) is 71.4 Å². The van der Waals surface area contributed by atoms with Crippen molar-refractivity contribution < 1.29 is 10.2 Å². The van der Waals surface area contributed by atoms with Crippen molar-refractivity contribution in [1.29, 1.82) is 0 Å². The van der Waals surface area contributed by atoms with E-state index in [-0.39, 0.29) is 24.0 Å². The van der Waals surface area contributed by atoms with E-state index >= 15 is 0 Å². The Morgan fingerprint density at radius 1 is 1.08 bits per heavy atom. The topological polar surface area (TPSA) is 90.5 Å². The van der Waals surface area contributed by atoms with E-state index < -0.39 is 23.3 Å². The zero-order chi connectivity index (χ0) is 26.9. The first kappa shape index (κ1) is 29.4. The van der Waals surface area contributed by atoms with Gasteiger partial charge >= 0.3 is 0 Å². The number of aliphatic hydroxyl groups is 2. The number of hydrogen-bond acceptors (Lipinski definition) is 5. The molecule has 0 aliphatic carbocycles. The van der Waals surface area contributed by atoms with E-state index in [2.05, 4.69) is 52.2 Å². The number of nitrogens with one attached hydrogen (secondary N) is 2. The summed E-state index contributed by atoms with van der Waals surface area (Å²) < 4.78 is 0. The van der Waals surface area contributed by atoms with Crippen LogP contribution < -0.4 is 16.4 Å². The lowest BCUT2D eigenvalue weighted by atomic mass is 9.62. The van der Waals surface area contributed by atoms with Gasteiger partial charge in [0.25, 0.3) is 0 Å². The molecule has 6 N–H and O–H groups in total. The fourth-order valence-electron chi connectivity index (χ4n) is 6.22. The Morgan fingerprint density at radius 2 is 1.72 bits per heavy atom. The third-order valence-electron chi connectivity index (χ3n) is 7.38. The smallest absolute Gasteiger partial charge is 0.121 e. The minimum Gasteiger partial charge on any atom is -0.395 e. The first-order valence-corrected chi connectivity index (χ1v) is 13.6. The van der Waals surface area contributed by atoms with E-state index in [0.717, 1.165) is 24.0 Å². The van der Waals surface area contributed by atoms with Crippen LogP contribution in [-0.2, 0) is 5.54 Å². The van der Waals surface area contributed by atoms with Crippen molar-refractivity contribution in [3.63, 3.8) is 0 Å². The van der Waals surface area contributed by atoms with Crippen LogP contribution in [0.25, 0.3) is 0 Å². The van der Waals surface area contributed by atoms with Crippen LogP contribution in [0, 0.1) is 11.3 Å². The molecule has 6 atom stereocenters. The van der Waals surface area contributed by atoms with Gasteiger partial charge in [0.2, 0.25) is 0 Å². The van der Waals surface area contributed by atoms with Gasteiger partial charge in [-0.25, -0.2) is 0 Å². The van der Waals surface area contributed by atoms with E-state index in [1.807, 2.05) is 48.5 Å². The summed E-state index contributed by atoms with van der Waals surface area (Å²) in [5.74, 6) is 0.0431. The fraction of sp³-hybridized carbons (Fsp3) is 0.586. The molecule has 200 valence electrons. The summed E-state index contributed by atoms with van der Waals surface area (Å²) in [5.41, 5.74) is 7.92. The average Bonchev–Trinajstić information content (AvgIpc) is 2.99. The fourth-order valence-corrected chi connectivity index (χ4v) is 6.54. The number of rotatable bonds is 9. The molecule has 2 aromatic rings. The molecular formula is C29H43Cl2N3O2. The highest BCUT2D eigenvalue weighted by atomic mass is 35.5. The summed E-state index contributed by atoms with van der Waals surface area (Å²) in [7, 11) is 0. The molecule has 1 aliphatic rings. The van der Waals surface area contributed by atoms with Crippen molar-refractivity contribution in [2.75, 3.05) is 6.61 Å². The second-order valence-corrected chi connectivity index (χ2v) is 13.1. The van der Waals surface area contributed by atoms with E-state index in [9.17, 15) is 10.2 Å². The zero-order valence-electron chi connectivity index (χ0n) is 22.4. The quantitative estimate of drug-likeness (QED) is 0.277. The molecule has 1 saturated heterocycles. The van der Waals surface area contributed by atoms with Crippen molar-refractivity contribution in [2.45, 2.75) is 89.7 Å². The SMILES string of the molecule is CC(C)C[C@H](CO)NC(O)[C@H]1N[C@@](C)(CC(C)(C)C)[C@@](N)(c2ccc(Cl)cc2)[C@@H]1c1cccc(Cl)c1. The molecule has 0 saturated carbocycles. The Morgan fingerprint density at radius 3 is 2.25 bits per heavy atom. The number of benzene rings is 2. The molecule has 1 unspecified atom stereocenters. The van der Waals surface area contributed by atoms with E-state index in [1.54, 1.807) is 0 Å². The van der Waals surface area contributed by atoms with Crippen LogP contribution in [0.2, 0.25) is 10.0 Å². The summed E-state index contributed by atoms with van der Waals surface area (Å²) in [6, 6.07) is 14.7. The monoisotopic (exact) mass is 535 g/mol. The Bertz CT molecular complexity index is 1010. The van der Waals surface area contributed by atoms with Crippen molar-refractivity contribution in [3.8, 4) is 0 Å². The molecule has 5 nitrogen and oxygen atoms in total. The predicted molar refractivity (Wildman–Crippen MR) is 150 cm³/mol. The molecule has 0 aromatic heterocycles. The summed E-state index contributed by atoms with van der Waals surface area (Å²) in [5, 5.41) is 29.9. The molecular weight excluding hydrogens is 493 g/mol. The predicted octanol–water partition coefficient (Wildman–Crippen LogP) is 5.41. The molecule has 36 heavy (non-hydrogen) atoms. The van der Waals surface area contributed by atoms with Crippen LogP contribution in [0.15, 0.2) is 48.5 Å². The lowest BCUT2D eigenvalue weighted by Gasteiger charge is -2.47. The Labute approximate surface area is 226 Å². The highest BCUT2D eigenvalue weighted by Gasteiger charge is 2.62. The van der Waals surface area contributed by atoms with Gasteiger partial charge in [-0.3, -0.25) is 5.32 Å². The van der Waals surface area contributed by atoms with E-state index in [0.29, 0.717) is 16.0 Å². The third-order valence-corrected chi connectivity index (χ3v) is 7.87. The molecule has 0 bridgehead atoms. The van der Waals surface area contributed by atoms with Crippen molar-refractivity contribution in [3.05, 3.63) is 69.7 Å². The van der Waals surface area contributed by atoms with Crippen LogP contribution in [0.4, 0.5) is 0 Å². The van der Waals surface area contributed by atoms with Crippen LogP contribution >= 0.6 is 23.2 Å². The first-order valence-electron chi connectivity index (χ1n) is 12.8. The minimum atomic E-state index is -0.957. The van der Waals surface area contributed by atoms with Crippen molar-refractivity contribution >= 4 is 23.2 Å². The van der Waals surface area contributed by atoms with Gasteiger partial charge in [0.05, 0.1) is 18.2 Å². The second-order valence-electron chi connectivity index (χ2n) is 12.3. The zero-order valence-corrected chi connectivity index (χ0v) is 23.9. The van der Waals surface area contributed by atoms with Gasteiger partial charge in [-0.05, 0) is 66.5 Å². The van der Waals surface area contributed by atoms with Gasteiger partial charge in [-0.15, -0.1) is 0 Å².